The van der Waals surface area contributed by atoms with E-state index in [4.69, 9.17) is 0 Å². The summed E-state index contributed by atoms with van der Waals surface area (Å²) < 4.78 is 1.99. The van der Waals surface area contributed by atoms with Gasteiger partial charge in [-0.1, -0.05) is 13.3 Å². The van der Waals surface area contributed by atoms with E-state index < -0.39 is 0 Å². The van der Waals surface area contributed by atoms with Gasteiger partial charge in [-0.05, 0) is 13.3 Å². The van der Waals surface area contributed by atoms with Crippen LogP contribution in [0.5, 0.6) is 0 Å². The van der Waals surface area contributed by atoms with Crippen LogP contribution < -0.4 is 0 Å². The average molecular weight is 210 g/mol. The van der Waals surface area contributed by atoms with Crippen molar-refractivity contribution in [1.29, 1.82) is 0 Å². The van der Waals surface area contributed by atoms with E-state index in [1.54, 1.807) is 11.3 Å². The number of aliphatic hydroxyl groups is 1. The maximum Gasteiger partial charge on any atom is 0.194 e. The van der Waals surface area contributed by atoms with Gasteiger partial charge in [0.25, 0.3) is 0 Å². The second-order valence-corrected chi connectivity index (χ2v) is 4.32. The zero-order valence-electron chi connectivity index (χ0n) is 8.40. The highest BCUT2D eigenvalue weighted by Gasteiger charge is 2.16. The van der Waals surface area contributed by atoms with E-state index in [2.05, 4.69) is 11.9 Å². The van der Waals surface area contributed by atoms with Crippen LogP contribution in [0.1, 0.15) is 37.3 Å². The van der Waals surface area contributed by atoms with Crippen molar-refractivity contribution in [3.8, 4) is 0 Å². The van der Waals surface area contributed by atoms with Crippen molar-refractivity contribution >= 4 is 16.3 Å². The van der Waals surface area contributed by atoms with Crippen LogP contribution in [0.2, 0.25) is 0 Å². The first kappa shape index (κ1) is 9.68. The van der Waals surface area contributed by atoms with Gasteiger partial charge >= 0.3 is 0 Å². The summed E-state index contributed by atoms with van der Waals surface area (Å²) in [6, 6.07) is 0. The molecule has 1 N–H and O–H groups in total. The molecule has 14 heavy (non-hydrogen) atoms. The van der Waals surface area contributed by atoms with Crippen molar-refractivity contribution < 1.29 is 5.11 Å². The molecule has 0 aliphatic carbocycles. The van der Waals surface area contributed by atoms with Crippen LogP contribution in [0.15, 0.2) is 11.6 Å². The van der Waals surface area contributed by atoms with Gasteiger partial charge in [0.2, 0.25) is 0 Å². The third kappa shape index (κ3) is 1.44. The molecule has 0 aliphatic heterocycles. The summed E-state index contributed by atoms with van der Waals surface area (Å²) in [6.45, 7) is 4.03. The minimum atomic E-state index is -0.385. The predicted octanol–water partition coefficient (Wildman–Crippen LogP) is 2.54. The first-order chi connectivity index (χ1) is 6.74. The normalized spacial score (nSPS) is 13.6. The van der Waals surface area contributed by atoms with Crippen LogP contribution in [0.25, 0.3) is 4.96 Å². The fourth-order valence-electron chi connectivity index (χ4n) is 1.72. The number of thiazole rings is 1. The van der Waals surface area contributed by atoms with Crippen LogP contribution in [0.3, 0.4) is 0 Å². The molecule has 2 aromatic rings. The van der Waals surface area contributed by atoms with E-state index in [0.29, 0.717) is 0 Å². The number of hydrogen-bond donors (Lipinski definition) is 1. The monoisotopic (exact) mass is 210 g/mol. The maximum absolute atomic E-state index is 9.95. The van der Waals surface area contributed by atoms with E-state index in [1.165, 1.54) is 0 Å². The van der Waals surface area contributed by atoms with Crippen molar-refractivity contribution in [2.24, 2.45) is 0 Å². The molecule has 76 valence electrons. The molecule has 1 atom stereocenters. The Labute approximate surface area is 87.0 Å². The molecule has 0 saturated heterocycles. The Balaban J connectivity index is 2.47. The molecule has 1 unspecified atom stereocenters. The molecule has 0 radical (unpaired) electrons. The molecule has 0 aromatic carbocycles. The predicted molar refractivity (Wildman–Crippen MR) is 57.7 cm³/mol. The standard InChI is InChI=1S/C10H14N2OS/c1-3-4-8(13)9-7(2)11-10-12(9)5-6-14-10/h5-6,8,13H,3-4H2,1-2H3. The van der Waals surface area contributed by atoms with Crippen molar-refractivity contribution in [3.05, 3.63) is 23.0 Å². The minimum Gasteiger partial charge on any atom is -0.387 e. The smallest absolute Gasteiger partial charge is 0.194 e. The van der Waals surface area contributed by atoms with Crippen LogP contribution >= 0.6 is 11.3 Å². The van der Waals surface area contributed by atoms with E-state index in [9.17, 15) is 5.11 Å². The number of aromatic nitrogens is 2. The average Bonchev–Trinajstić information content (AvgIpc) is 2.63. The third-order valence-electron chi connectivity index (χ3n) is 2.36. The van der Waals surface area contributed by atoms with Crippen LogP contribution in [-0.4, -0.2) is 14.5 Å². The summed E-state index contributed by atoms with van der Waals surface area (Å²) in [6.07, 6.45) is 3.36. The molecule has 3 nitrogen and oxygen atoms in total. The van der Waals surface area contributed by atoms with Gasteiger partial charge < -0.3 is 5.11 Å². The molecule has 0 amide bonds. The Bertz CT molecular complexity index is 432. The molecule has 2 heterocycles. The van der Waals surface area contributed by atoms with Crippen molar-refractivity contribution in [2.75, 3.05) is 0 Å². The fourth-order valence-corrected chi connectivity index (χ4v) is 2.49. The summed E-state index contributed by atoms with van der Waals surface area (Å²) in [7, 11) is 0. The van der Waals surface area contributed by atoms with E-state index >= 15 is 0 Å². The summed E-state index contributed by atoms with van der Waals surface area (Å²) in [5.74, 6) is 0. The van der Waals surface area contributed by atoms with Gasteiger partial charge in [0.05, 0.1) is 17.5 Å². The van der Waals surface area contributed by atoms with E-state index in [0.717, 1.165) is 29.2 Å². The van der Waals surface area contributed by atoms with Crippen molar-refractivity contribution in [1.82, 2.24) is 9.38 Å². The second-order valence-electron chi connectivity index (χ2n) is 3.44. The number of imidazole rings is 1. The van der Waals surface area contributed by atoms with E-state index in [1.807, 2.05) is 22.9 Å². The molecule has 0 spiro atoms. The molecule has 4 heteroatoms. The van der Waals surface area contributed by atoms with Gasteiger partial charge in [-0.2, -0.15) is 0 Å². The maximum atomic E-state index is 9.95. The highest BCUT2D eigenvalue weighted by molar-refractivity contribution is 7.15. The van der Waals surface area contributed by atoms with Gasteiger partial charge in [0.1, 0.15) is 0 Å². The Kier molecular flexibility index (Phi) is 2.56. The number of aliphatic hydroxyl groups excluding tert-OH is 1. The number of rotatable bonds is 3. The topological polar surface area (TPSA) is 37.5 Å². The largest absolute Gasteiger partial charge is 0.387 e. The van der Waals surface area contributed by atoms with Crippen molar-refractivity contribution in [3.63, 3.8) is 0 Å². The number of aryl methyl sites for hydroxylation is 1. The molecule has 0 aliphatic rings. The van der Waals surface area contributed by atoms with Gasteiger partial charge in [0, 0.05) is 11.6 Å². The number of hydrogen-bond acceptors (Lipinski definition) is 3. The molecule has 2 rings (SSSR count). The molecule has 2 aromatic heterocycles. The zero-order valence-corrected chi connectivity index (χ0v) is 9.21. The molecule has 0 bridgehead atoms. The minimum absolute atomic E-state index is 0.385. The first-order valence-corrected chi connectivity index (χ1v) is 5.72. The Morgan fingerprint density at radius 2 is 2.43 bits per heavy atom. The lowest BCUT2D eigenvalue weighted by molar-refractivity contribution is 0.160. The quantitative estimate of drug-likeness (QED) is 0.845. The highest BCUT2D eigenvalue weighted by Crippen LogP contribution is 2.25. The fraction of sp³-hybridized carbons (Fsp3) is 0.500. The third-order valence-corrected chi connectivity index (χ3v) is 3.12. The van der Waals surface area contributed by atoms with E-state index in [-0.39, 0.29) is 6.10 Å². The number of fused-ring (bicyclic) bond motifs is 1. The summed E-state index contributed by atoms with van der Waals surface area (Å²) in [5.41, 5.74) is 1.89. The van der Waals surface area contributed by atoms with Crippen LogP contribution in [-0.2, 0) is 0 Å². The highest BCUT2D eigenvalue weighted by atomic mass is 32.1. The van der Waals surface area contributed by atoms with Gasteiger partial charge in [-0.3, -0.25) is 4.40 Å². The lowest BCUT2D eigenvalue weighted by Gasteiger charge is -2.08. The van der Waals surface area contributed by atoms with Gasteiger partial charge in [-0.25, -0.2) is 4.98 Å². The lowest BCUT2D eigenvalue weighted by Crippen LogP contribution is -2.02. The Morgan fingerprint density at radius 3 is 3.14 bits per heavy atom. The first-order valence-electron chi connectivity index (χ1n) is 4.84. The zero-order chi connectivity index (χ0) is 10.1. The lowest BCUT2D eigenvalue weighted by atomic mass is 10.1. The Morgan fingerprint density at radius 1 is 1.64 bits per heavy atom. The molecule has 0 saturated carbocycles. The Hall–Kier alpha value is -0.870. The number of nitrogens with zero attached hydrogens (tertiary/aromatic N) is 2. The SMILES string of the molecule is CCCC(O)c1c(C)nc2sccn12. The molecular formula is C10H14N2OS. The molecular weight excluding hydrogens is 196 g/mol. The van der Waals surface area contributed by atoms with Gasteiger partial charge in [0.15, 0.2) is 4.96 Å². The van der Waals surface area contributed by atoms with Crippen molar-refractivity contribution in [2.45, 2.75) is 32.8 Å². The van der Waals surface area contributed by atoms with Gasteiger partial charge in [-0.15, -0.1) is 11.3 Å². The second kappa shape index (κ2) is 3.71. The molecule has 0 fully saturated rings. The van der Waals surface area contributed by atoms with Crippen LogP contribution in [0.4, 0.5) is 0 Å². The summed E-state index contributed by atoms with van der Waals surface area (Å²) in [5, 5.41) is 11.9. The summed E-state index contributed by atoms with van der Waals surface area (Å²) >= 11 is 1.60. The summed E-state index contributed by atoms with van der Waals surface area (Å²) in [4.78, 5) is 5.36. The van der Waals surface area contributed by atoms with Crippen LogP contribution in [0, 0.1) is 6.92 Å².